The number of hydrogen-bond donors (Lipinski definition) is 1. The Morgan fingerprint density at radius 2 is 2.08 bits per heavy atom. The summed E-state index contributed by atoms with van der Waals surface area (Å²) < 4.78 is 11.7. The fourth-order valence-corrected chi connectivity index (χ4v) is 3.11. The number of hydrogen-bond acceptors (Lipinski definition) is 7. The van der Waals surface area contributed by atoms with Crippen LogP contribution >= 0.6 is 0 Å². The molecule has 0 unspecified atom stereocenters. The molecule has 8 heteroatoms. The predicted octanol–water partition coefficient (Wildman–Crippen LogP) is 2.33. The van der Waals surface area contributed by atoms with E-state index in [0.29, 0.717) is 25.0 Å². The maximum Gasteiger partial charge on any atom is 0.230 e. The number of rotatable bonds is 4. The van der Waals surface area contributed by atoms with E-state index < -0.39 is 0 Å². The average molecular weight is 346 g/mol. The lowest BCUT2D eigenvalue weighted by Gasteiger charge is -2.30. The van der Waals surface area contributed by atoms with E-state index in [0.717, 1.165) is 30.6 Å². The number of ether oxygens (including phenoxy) is 1. The summed E-state index contributed by atoms with van der Waals surface area (Å²) >= 11 is 0. The van der Waals surface area contributed by atoms with Gasteiger partial charge in [-0.05, 0) is 12.8 Å². The van der Waals surface area contributed by atoms with Crippen LogP contribution in [0.25, 0.3) is 0 Å². The van der Waals surface area contributed by atoms with Crippen LogP contribution in [0.4, 0.5) is 0 Å². The zero-order chi connectivity index (χ0) is 17.4. The zero-order valence-electron chi connectivity index (χ0n) is 15.2. The first-order chi connectivity index (χ1) is 12.0. The molecule has 1 saturated heterocycles. The lowest BCUT2D eigenvalue weighted by molar-refractivity contribution is -0.0394. The van der Waals surface area contributed by atoms with Crippen molar-refractivity contribution in [3.05, 3.63) is 23.4 Å². The molecule has 2 aliphatic rings. The molecule has 1 aliphatic carbocycles. The lowest BCUT2D eigenvalue weighted by Crippen LogP contribution is -2.38. The van der Waals surface area contributed by atoms with Gasteiger partial charge in [-0.25, -0.2) is 4.98 Å². The third-order valence-corrected chi connectivity index (χ3v) is 4.92. The first-order valence-electron chi connectivity index (χ1n) is 9.08. The van der Waals surface area contributed by atoms with Gasteiger partial charge < -0.3 is 9.15 Å². The fourth-order valence-electron chi connectivity index (χ4n) is 3.11. The van der Waals surface area contributed by atoms with E-state index in [1.54, 1.807) is 0 Å². The molecule has 25 heavy (non-hydrogen) atoms. The van der Waals surface area contributed by atoms with Crippen LogP contribution in [0, 0.1) is 0 Å². The normalized spacial score (nSPS) is 22.9. The number of nitrogens with one attached hydrogen (secondary N) is 1. The van der Waals surface area contributed by atoms with E-state index >= 15 is 0 Å². The van der Waals surface area contributed by atoms with E-state index in [2.05, 4.69) is 51.0 Å². The average Bonchev–Trinajstić information content (AvgIpc) is 3.15. The van der Waals surface area contributed by atoms with E-state index in [1.165, 1.54) is 19.3 Å². The Morgan fingerprint density at radius 3 is 2.76 bits per heavy atom. The summed E-state index contributed by atoms with van der Waals surface area (Å²) in [5, 5.41) is 15.8. The molecule has 0 bridgehead atoms. The second-order valence-electron chi connectivity index (χ2n) is 8.05. The molecule has 4 rings (SSSR count). The minimum atomic E-state index is -0.105. The summed E-state index contributed by atoms with van der Waals surface area (Å²) in [4.78, 5) is 6.89. The highest BCUT2D eigenvalue weighted by Crippen LogP contribution is 2.35. The van der Waals surface area contributed by atoms with Crippen LogP contribution in [0.1, 0.15) is 75.5 Å². The molecular formula is C17H26N6O2. The van der Waals surface area contributed by atoms with Gasteiger partial charge in [0.15, 0.2) is 11.6 Å². The van der Waals surface area contributed by atoms with E-state index in [-0.39, 0.29) is 11.5 Å². The van der Waals surface area contributed by atoms with Crippen molar-refractivity contribution in [2.45, 2.75) is 64.0 Å². The molecule has 136 valence electrons. The van der Waals surface area contributed by atoms with Gasteiger partial charge in [0, 0.05) is 24.4 Å². The van der Waals surface area contributed by atoms with Crippen molar-refractivity contribution in [2.24, 2.45) is 0 Å². The van der Waals surface area contributed by atoms with Crippen LogP contribution < -0.4 is 0 Å². The van der Waals surface area contributed by atoms with Gasteiger partial charge in [-0.2, -0.15) is 5.10 Å². The minimum Gasteiger partial charge on any atom is -0.424 e. The highest BCUT2D eigenvalue weighted by atomic mass is 16.5. The molecule has 1 atom stereocenters. The smallest absolute Gasteiger partial charge is 0.230 e. The number of morpholine rings is 1. The molecule has 2 aromatic heterocycles. The van der Waals surface area contributed by atoms with Crippen molar-refractivity contribution in [2.75, 3.05) is 19.7 Å². The highest BCUT2D eigenvalue weighted by Gasteiger charge is 2.29. The first kappa shape index (κ1) is 16.7. The Hall–Kier alpha value is -1.80. The minimum absolute atomic E-state index is 0.0786. The largest absolute Gasteiger partial charge is 0.424 e. The molecule has 2 fully saturated rings. The van der Waals surface area contributed by atoms with Crippen molar-refractivity contribution in [1.82, 2.24) is 30.3 Å². The lowest BCUT2D eigenvalue weighted by atomic mass is 9.85. The molecule has 0 radical (unpaired) electrons. The molecule has 1 N–H and O–H groups in total. The maximum atomic E-state index is 5.89. The number of aromatic amines is 1. The zero-order valence-corrected chi connectivity index (χ0v) is 15.2. The SMILES string of the molecule is CC(C)(C)c1n[nH]c([C@@H]2CN(Cc3nnc(C4CCC4)o3)CCO2)n1. The van der Waals surface area contributed by atoms with Crippen LogP contribution in [0.5, 0.6) is 0 Å². The molecule has 0 aromatic carbocycles. The van der Waals surface area contributed by atoms with Crippen molar-refractivity contribution in [1.29, 1.82) is 0 Å². The van der Waals surface area contributed by atoms with Gasteiger partial charge in [0.2, 0.25) is 11.8 Å². The van der Waals surface area contributed by atoms with Gasteiger partial charge in [-0.3, -0.25) is 10.00 Å². The second kappa shape index (κ2) is 6.49. The van der Waals surface area contributed by atoms with Crippen LogP contribution in [0.2, 0.25) is 0 Å². The van der Waals surface area contributed by atoms with E-state index in [1.807, 2.05) is 0 Å². The van der Waals surface area contributed by atoms with Gasteiger partial charge >= 0.3 is 0 Å². The van der Waals surface area contributed by atoms with Gasteiger partial charge in [0.1, 0.15) is 6.10 Å². The molecular weight excluding hydrogens is 320 g/mol. The third kappa shape index (κ3) is 3.59. The Balaban J connectivity index is 1.39. The van der Waals surface area contributed by atoms with Gasteiger partial charge in [0.25, 0.3) is 0 Å². The number of nitrogens with zero attached hydrogens (tertiary/aromatic N) is 5. The Labute approximate surface area is 147 Å². The summed E-state index contributed by atoms with van der Waals surface area (Å²) in [6, 6.07) is 0. The maximum absolute atomic E-state index is 5.89. The van der Waals surface area contributed by atoms with Crippen LogP contribution in [-0.4, -0.2) is 50.0 Å². The van der Waals surface area contributed by atoms with Crippen LogP contribution in [0.3, 0.4) is 0 Å². The van der Waals surface area contributed by atoms with E-state index in [4.69, 9.17) is 9.15 Å². The second-order valence-corrected chi connectivity index (χ2v) is 8.05. The van der Waals surface area contributed by atoms with Crippen LogP contribution in [0.15, 0.2) is 4.42 Å². The number of aromatic nitrogens is 5. The van der Waals surface area contributed by atoms with Crippen molar-refractivity contribution >= 4 is 0 Å². The van der Waals surface area contributed by atoms with Gasteiger partial charge in [-0.15, -0.1) is 10.2 Å². The van der Waals surface area contributed by atoms with Crippen molar-refractivity contribution < 1.29 is 9.15 Å². The summed E-state index contributed by atoms with van der Waals surface area (Å²) in [6.45, 7) is 9.19. The third-order valence-electron chi connectivity index (χ3n) is 4.92. The molecule has 8 nitrogen and oxygen atoms in total. The summed E-state index contributed by atoms with van der Waals surface area (Å²) in [6.07, 6.45) is 3.50. The molecule has 1 aliphatic heterocycles. The topological polar surface area (TPSA) is 93.0 Å². The van der Waals surface area contributed by atoms with Crippen LogP contribution in [-0.2, 0) is 16.7 Å². The monoisotopic (exact) mass is 346 g/mol. The Bertz CT molecular complexity index is 715. The molecule has 3 heterocycles. The number of H-pyrrole nitrogens is 1. The Morgan fingerprint density at radius 1 is 1.24 bits per heavy atom. The van der Waals surface area contributed by atoms with Crippen molar-refractivity contribution in [3.8, 4) is 0 Å². The Kier molecular flexibility index (Phi) is 4.33. The quantitative estimate of drug-likeness (QED) is 0.908. The fraction of sp³-hybridized carbons (Fsp3) is 0.765. The molecule has 2 aromatic rings. The van der Waals surface area contributed by atoms with Crippen molar-refractivity contribution in [3.63, 3.8) is 0 Å². The van der Waals surface area contributed by atoms with Gasteiger partial charge in [-0.1, -0.05) is 27.2 Å². The molecule has 0 amide bonds. The molecule has 0 spiro atoms. The van der Waals surface area contributed by atoms with E-state index in [9.17, 15) is 0 Å². The first-order valence-corrected chi connectivity index (χ1v) is 9.08. The summed E-state index contributed by atoms with van der Waals surface area (Å²) in [7, 11) is 0. The van der Waals surface area contributed by atoms with Gasteiger partial charge in [0.05, 0.1) is 13.2 Å². The summed E-state index contributed by atoms with van der Waals surface area (Å²) in [5.74, 6) is 3.57. The highest BCUT2D eigenvalue weighted by molar-refractivity contribution is 5.04. The predicted molar refractivity (Wildman–Crippen MR) is 89.9 cm³/mol. The molecule has 1 saturated carbocycles. The standard InChI is InChI=1S/C17H26N6O2/c1-17(2,3)16-18-14(20-22-16)12-9-23(7-8-24-12)10-13-19-21-15(25-13)11-5-4-6-11/h11-12H,4-10H2,1-3H3,(H,18,20,22)/t12-/m0/s1. The summed E-state index contributed by atoms with van der Waals surface area (Å²) in [5.41, 5.74) is -0.0786.